The first-order chi connectivity index (χ1) is 8.54. The van der Waals surface area contributed by atoms with Crippen LogP contribution in [0.15, 0.2) is 10.9 Å². The molecule has 0 radical (unpaired) electrons. The average Bonchev–Trinajstić information content (AvgIpc) is 2.37. The second kappa shape index (κ2) is 5.63. The molecule has 0 bridgehead atoms. The van der Waals surface area contributed by atoms with Crippen molar-refractivity contribution in [2.24, 2.45) is 0 Å². The number of nitrogens with one attached hydrogen (secondary N) is 1. The number of hydrogen-bond acceptors (Lipinski definition) is 6. The first-order valence-electron chi connectivity index (χ1n) is 4.98. The highest BCUT2D eigenvalue weighted by atomic mass is 16.5. The topological polar surface area (TPSA) is 109 Å². The summed E-state index contributed by atoms with van der Waals surface area (Å²) in [5.74, 6) is -1.66. The average molecular weight is 250 g/mol. The van der Waals surface area contributed by atoms with E-state index in [1.165, 1.54) is 0 Å². The maximum Gasteiger partial charge on any atom is 0.354 e. The van der Waals surface area contributed by atoms with Crippen LogP contribution in [0.5, 0.6) is 0 Å². The van der Waals surface area contributed by atoms with Gasteiger partial charge in [-0.05, 0) is 13.0 Å². The molecule has 18 heavy (non-hydrogen) atoms. The first-order valence-corrected chi connectivity index (χ1v) is 4.98. The Bertz CT molecular complexity index is 582. The molecule has 1 rings (SSSR count). The lowest BCUT2D eigenvalue weighted by molar-refractivity contribution is 0.0525. The van der Waals surface area contributed by atoms with Gasteiger partial charge in [-0.1, -0.05) is 0 Å². The van der Waals surface area contributed by atoms with Crippen LogP contribution in [-0.4, -0.2) is 30.6 Å². The molecule has 1 heterocycles. The first kappa shape index (κ1) is 13.4. The number of methoxy groups -OCH3 is 1. The number of rotatable bonds is 3. The highest BCUT2D eigenvalue weighted by Crippen LogP contribution is 2.08. The van der Waals surface area contributed by atoms with Crippen molar-refractivity contribution in [2.75, 3.05) is 13.7 Å². The molecule has 0 amide bonds. The number of nitrogens with zero attached hydrogens (tertiary/aromatic N) is 1. The molecule has 94 valence electrons. The lowest BCUT2D eigenvalue weighted by atomic mass is 10.1. The number of aromatic nitrogens is 1. The fourth-order valence-electron chi connectivity index (χ4n) is 1.26. The molecule has 7 heteroatoms. The van der Waals surface area contributed by atoms with Crippen LogP contribution in [0.25, 0.3) is 0 Å². The van der Waals surface area contributed by atoms with Crippen molar-refractivity contribution in [3.63, 3.8) is 0 Å². The van der Waals surface area contributed by atoms with E-state index in [0.717, 1.165) is 13.2 Å². The molecule has 0 unspecified atom stereocenters. The molecule has 1 N–H and O–H groups in total. The van der Waals surface area contributed by atoms with Gasteiger partial charge in [-0.3, -0.25) is 4.79 Å². The molecule has 0 aliphatic heterocycles. The van der Waals surface area contributed by atoms with Crippen molar-refractivity contribution in [1.82, 2.24) is 4.98 Å². The predicted octanol–water partition coefficient (Wildman–Crippen LogP) is 0.210. The van der Waals surface area contributed by atoms with Crippen LogP contribution in [0.4, 0.5) is 0 Å². The third-order valence-electron chi connectivity index (χ3n) is 2.05. The Morgan fingerprint density at radius 3 is 2.61 bits per heavy atom. The minimum Gasteiger partial charge on any atom is -0.464 e. The quantitative estimate of drug-likeness (QED) is 0.768. The van der Waals surface area contributed by atoms with Crippen molar-refractivity contribution in [1.29, 1.82) is 5.26 Å². The smallest absolute Gasteiger partial charge is 0.354 e. The van der Waals surface area contributed by atoms with Gasteiger partial charge in [0.1, 0.15) is 17.3 Å². The number of carbonyl (C=O) groups is 2. The van der Waals surface area contributed by atoms with Crippen LogP contribution in [0.2, 0.25) is 0 Å². The predicted molar refractivity (Wildman–Crippen MR) is 59.1 cm³/mol. The van der Waals surface area contributed by atoms with E-state index in [1.807, 2.05) is 0 Å². The summed E-state index contributed by atoms with van der Waals surface area (Å²) in [6.07, 6.45) is 0. The van der Waals surface area contributed by atoms with Gasteiger partial charge in [0.05, 0.1) is 19.3 Å². The number of carbonyl (C=O) groups excluding carboxylic acids is 2. The Balaban J connectivity index is 3.43. The minimum atomic E-state index is -0.844. The summed E-state index contributed by atoms with van der Waals surface area (Å²) >= 11 is 0. The molecular formula is C11H10N2O5. The summed E-state index contributed by atoms with van der Waals surface area (Å²) in [6.45, 7) is 1.67. The number of ether oxygens (including phenoxy) is 2. The molecule has 0 saturated heterocycles. The van der Waals surface area contributed by atoms with Crippen LogP contribution in [0.3, 0.4) is 0 Å². The molecule has 0 saturated carbocycles. The van der Waals surface area contributed by atoms with Crippen molar-refractivity contribution in [3.8, 4) is 6.07 Å². The lowest BCUT2D eigenvalue weighted by Gasteiger charge is -2.05. The number of aromatic amines is 1. The zero-order valence-corrected chi connectivity index (χ0v) is 9.77. The number of pyridine rings is 1. The Morgan fingerprint density at radius 2 is 2.11 bits per heavy atom. The van der Waals surface area contributed by atoms with Gasteiger partial charge in [0.25, 0.3) is 5.56 Å². The summed E-state index contributed by atoms with van der Waals surface area (Å²) in [7, 11) is 1.13. The summed E-state index contributed by atoms with van der Waals surface area (Å²) in [5, 5.41) is 8.81. The summed E-state index contributed by atoms with van der Waals surface area (Å²) < 4.78 is 9.11. The Hall–Kier alpha value is -2.62. The van der Waals surface area contributed by atoms with E-state index >= 15 is 0 Å². The van der Waals surface area contributed by atoms with Crippen LogP contribution in [-0.2, 0) is 9.47 Å². The monoisotopic (exact) mass is 250 g/mol. The Morgan fingerprint density at radius 1 is 1.44 bits per heavy atom. The third-order valence-corrected chi connectivity index (χ3v) is 2.05. The summed E-state index contributed by atoms with van der Waals surface area (Å²) in [5.41, 5.74) is -1.72. The van der Waals surface area contributed by atoms with Gasteiger partial charge in [0, 0.05) is 0 Å². The second-order valence-electron chi connectivity index (χ2n) is 3.12. The van der Waals surface area contributed by atoms with Gasteiger partial charge in [0.15, 0.2) is 0 Å². The molecule has 7 nitrogen and oxygen atoms in total. The number of hydrogen-bond donors (Lipinski definition) is 1. The van der Waals surface area contributed by atoms with E-state index in [4.69, 9.17) is 10.00 Å². The lowest BCUT2D eigenvalue weighted by Crippen LogP contribution is -2.22. The van der Waals surface area contributed by atoms with Gasteiger partial charge in [-0.2, -0.15) is 5.26 Å². The van der Waals surface area contributed by atoms with Crippen molar-refractivity contribution >= 4 is 11.9 Å². The summed E-state index contributed by atoms with van der Waals surface area (Å²) in [6, 6.07) is 2.65. The molecule has 0 spiro atoms. The van der Waals surface area contributed by atoms with Crippen molar-refractivity contribution in [3.05, 3.63) is 33.2 Å². The fraction of sp³-hybridized carbons (Fsp3) is 0.273. The van der Waals surface area contributed by atoms with E-state index in [1.54, 1.807) is 13.0 Å². The van der Waals surface area contributed by atoms with Gasteiger partial charge in [-0.15, -0.1) is 0 Å². The normalized spacial score (nSPS) is 9.39. The van der Waals surface area contributed by atoms with Crippen LogP contribution >= 0.6 is 0 Å². The molecule has 0 atom stereocenters. The van der Waals surface area contributed by atoms with Gasteiger partial charge in [0.2, 0.25) is 0 Å². The van der Waals surface area contributed by atoms with E-state index in [-0.39, 0.29) is 17.9 Å². The Labute approximate surface area is 102 Å². The van der Waals surface area contributed by atoms with Crippen molar-refractivity contribution < 1.29 is 19.1 Å². The SMILES string of the molecule is CCOC(=O)c1cc(C(=O)OC)[nH]c(=O)c1C#N. The zero-order chi connectivity index (χ0) is 13.7. The highest BCUT2D eigenvalue weighted by Gasteiger charge is 2.20. The maximum atomic E-state index is 11.6. The highest BCUT2D eigenvalue weighted by molar-refractivity contribution is 5.95. The van der Waals surface area contributed by atoms with Gasteiger partial charge in [-0.25, -0.2) is 9.59 Å². The number of nitriles is 1. The molecule has 1 aromatic heterocycles. The van der Waals surface area contributed by atoms with Crippen molar-refractivity contribution in [2.45, 2.75) is 6.92 Å². The summed E-state index contributed by atoms with van der Waals surface area (Å²) in [4.78, 5) is 36.5. The molecule has 0 aromatic carbocycles. The number of esters is 2. The van der Waals surface area contributed by atoms with E-state index in [9.17, 15) is 14.4 Å². The van der Waals surface area contributed by atoms with E-state index in [0.29, 0.717) is 0 Å². The largest absolute Gasteiger partial charge is 0.464 e. The standard InChI is InChI=1S/C11H10N2O5/c1-3-18-10(15)6-4-8(11(16)17-2)13-9(14)7(6)5-12/h4H,3H2,1-2H3,(H,13,14). The molecule has 1 aromatic rings. The third kappa shape index (κ3) is 2.55. The van der Waals surface area contributed by atoms with Crippen LogP contribution in [0.1, 0.15) is 33.3 Å². The van der Waals surface area contributed by atoms with Crippen LogP contribution in [0, 0.1) is 11.3 Å². The molecular weight excluding hydrogens is 240 g/mol. The second-order valence-corrected chi connectivity index (χ2v) is 3.12. The van der Waals surface area contributed by atoms with Gasteiger partial charge < -0.3 is 14.5 Å². The maximum absolute atomic E-state index is 11.6. The fourth-order valence-corrected chi connectivity index (χ4v) is 1.26. The van der Waals surface area contributed by atoms with Crippen LogP contribution < -0.4 is 5.56 Å². The molecule has 0 fully saturated rings. The Kier molecular flexibility index (Phi) is 4.21. The van der Waals surface area contributed by atoms with Gasteiger partial charge >= 0.3 is 11.9 Å². The van der Waals surface area contributed by atoms with E-state index < -0.39 is 23.1 Å². The molecule has 0 aliphatic rings. The number of H-pyrrole nitrogens is 1. The minimum absolute atomic E-state index is 0.0874. The zero-order valence-electron chi connectivity index (χ0n) is 9.77. The molecule has 0 aliphatic carbocycles. The van der Waals surface area contributed by atoms with E-state index in [2.05, 4.69) is 9.72 Å².